The highest BCUT2D eigenvalue weighted by molar-refractivity contribution is 7.08. The Bertz CT molecular complexity index is 1070. The summed E-state index contributed by atoms with van der Waals surface area (Å²) in [5.74, 6) is -0.125. The zero-order valence-electron chi connectivity index (χ0n) is 18.4. The summed E-state index contributed by atoms with van der Waals surface area (Å²) in [5, 5.41) is 4.08. The van der Waals surface area contributed by atoms with Crippen molar-refractivity contribution in [3.8, 4) is 11.1 Å². The van der Waals surface area contributed by atoms with Crippen LogP contribution in [0, 0.1) is 0 Å². The molecule has 0 saturated carbocycles. The third kappa shape index (κ3) is 4.55. The summed E-state index contributed by atoms with van der Waals surface area (Å²) in [5.41, 5.74) is 3.91. The van der Waals surface area contributed by atoms with Gasteiger partial charge in [0.1, 0.15) is 10.9 Å². The Morgan fingerprint density at radius 3 is 2.47 bits per heavy atom. The molecule has 0 N–H and O–H groups in total. The Labute approximate surface area is 192 Å². The lowest BCUT2D eigenvalue weighted by molar-refractivity contribution is -0.140. The number of hydrogen-bond acceptors (Lipinski definition) is 6. The molecule has 1 aromatic carbocycles. The van der Waals surface area contributed by atoms with E-state index in [0.717, 1.165) is 34.6 Å². The van der Waals surface area contributed by atoms with Crippen molar-refractivity contribution < 1.29 is 9.59 Å². The molecule has 3 heterocycles. The molecule has 0 bridgehead atoms. The van der Waals surface area contributed by atoms with E-state index < -0.39 is 6.04 Å². The SMILES string of the molecule is CCCN1CCN(C(=O)c2snnc2CC)[C@H](Cc2ccc(-c3ccncc3)cc2)C1=O. The van der Waals surface area contributed by atoms with E-state index in [2.05, 4.69) is 33.6 Å². The number of aromatic nitrogens is 3. The van der Waals surface area contributed by atoms with E-state index in [0.29, 0.717) is 43.0 Å². The van der Waals surface area contributed by atoms with Crippen LogP contribution in [0.25, 0.3) is 11.1 Å². The van der Waals surface area contributed by atoms with E-state index >= 15 is 0 Å². The summed E-state index contributed by atoms with van der Waals surface area (Å²) < 4.78 is 3.96. The average molecular weight is 450 g/mol. The highest BCUT2D eigenvalue weighted by Crippen LogP contribution is 2.24. The summed E-state index contributed by atoms with van der Waals surface area (Å²) in [6, 6.07) is 11.6. The Kier molecular flexibility index (Phi) is 6.90. The van der Waals surface area contributed by atoms with Crippen LogP contribution in [0.5, 0.6) is 0 Å². The first-order valence-electron chi connectivity index (χ1n) is 11.0. The molecule has 1 atom stereocenters. The van der Waals surface area contributed by atoms with Crippen molar-refractivity contribution >= 4 is 23.3 Å². The molecule has 2 aromatic heterocycles. The molecule has 2 amide bonds. The van der Waals surface area contributed by atoms with Gasteiger partial charge in [0, 0.05) is 38.4 Å². The van der Waals surface area contributed by atoms with Crippen molar-refractivity contribution in [2.75, 3.05) is 19.6 Å². The minimum atomic E-state index is -0.526. The number of nitrogens with zero attached hydrogens (tertiary/aromatic N) is 5. The lowest BCUT2D eigenvalue weighted by Crippen LogP contribution is -2.59. The van der Waals surface area contributed by atoms with Gasteiger partial charge in [0.15, 0.2) is 0 Å². The second-order valence-electron chi connectivity index (χ2n) is 7.88. The van der Waals surface area contributed by atoms with Crippen LogP contribution >= 0.6 is 11.5 Å². The molecule has 0 aliphatic carbocycles. The molecule has 3 aromatic rings. The lowest BCUT2D eigenvalue weighted by Gasteiger charge is -2.40. The molecule has 1 saturated heterocycles. The number of benzene rings is 1. The van der Waals surface area contributed by atoms with Crippen LogP contribution in [0.3, 0.4) is 0 Å². The van der Waals surface area contributed by atoms with Gasteiger partial charge in [-0.3, -0.25) is 14.6 Å². The van der Waals surface area contributed by atoms with Crippen LogP contribution in [0.1, 0.15) is 41.2 Å². The summed E-state index contributed by atoms with van der Waals surface area (Å²) in [6.45, 7) is 5.81. The van der Waals surface area contributed by atoms with E-state index in [1.54, 1.807) is 17.3 Å². The van der Waals surface area contributed by atoms with E-state index in [1.165, 1.54) is 0 Å². The van der Waals surface area contributed by atoms with E-state index in [4.69, 9.17) is 0 Å². The Hall–Kier alpha value is -3.13. The molecule has 1 aliphatic heterocycles. The molecule has 0 radical (unpaired) electrons. The Morgan fingerprint density at radius 2 is 1.78 bits per heavy atom. The number of piperazine rings is 1. The van der Waals surface area contributed by atoms with Gasteiger partial charge in [0.2, 0.25) is 5.91 Å². The molecule has 1 aliphatic rings. The predicted molar refractivity (Wildman–Crippen MR) is 124 cm³/mol. The smallest absolute Gasteiger partial charge is 0.268 e. The maximum Gasteiger partial charge on any atom is 0.268 e. The highest BCUT2D eigenvalue weighted by atomic mass is 32.1. The highest BCUT2D eigenvalue weighted by Gasteiger charge is 2.38. The predicted octanol–water partition coefficient (Wildman–Crippen LogP) is 3.47. The molecule has 32 heavy (non-hydrogen) atoms. The second kappa shape index (κ2) is 9.99. The van der Waals surface area contributed by atoms with Crippen LogP contribution < -0.4 is 0 Å². The fraction of sp³-hybridized carbons (Fsp3) is 0.375. The third-order valence-corrected chi connectivity index (χ3v) is 6.58. The quantitative estimate of drug-likeness (QED) is 0.552. The summed E-state index contributed by atoms with van der Waals surface area (Å²) in [7, 11) is 0. The monoisotopic (exact) mass is 449 g/mol. The van der Waals surface area contributed by atoms with E-state index in [9.17, 15) is 9.59 Å². The first-order valence-corrected chi connectivity index (χ1v) is 11.8. The van der Waals surface area contributed by atoms with Crippen molar-refractivity contribution in [2.24, 2.45) is 0 Å². The number of carbonyl (C=O) groups excluding carboxylic acids is 2. The van der Waals surface area contributed by atoms with Gasteiger partial charge in [0.25, 0.3) is 5.91 Å². The topological polar surface area (TPSA) is 79.3 Å². The first kappa shape index (κ1) is 22.1. The molecule has 4 rings (SSSR count). The molecule has 0 unspecified atom stereocenters. The van der Waals surface area contributed by atoms with Gasteiger partial charge in [-0.15, -0.1) is 5.10 Å². The van der Waals surface area contributed by atoms with Crippen LogP contribution in [0.4, 0.5) is 0 Å². The molecule has 166 valence electrons. The minimum absolute atomic E-state index is 0.0141. The van der Waals surface area contributed by atoms with Gasteiger partial charge in [-0.1, -0.05) is 42.6 Å². The van der Waals surface area contributed by atoms with Crippen molar-refractivity contribution in [1.82, 2.24) is 24.4 Å². The van der Waals surface area contributed by atoms with Crippen LogP contribution in [-0.2, 0) is 17.6 Å². The number of rotatable bonds is 7. The minimum Gasteiger partial charge on any atom is -0.339 e. The summed E-state index contributed by atoms with van der Waals surface area (Å²) in [4.78, 5) is 34.9. The number of pyridine rings is 1. The molecular weight excluding hydrogens is 422 g/mol. The average Bonchev–Trinajstić information content (AvgIpc) is 3.31. The van der Waals surface area contributed by atoms with Gasteiger partial charge in [-0.25, -0.2) is 0 Å². The Morgan fingerprint density at radius 1 is 1.06 bits per heavy atom. The van der Waals surface area contributed by atoms with Crippen molar-refractivity contribution in [2.45, 2.75) is 39.2 Å². The molecule has 0 spiro atoms. The van der Waals surface area contributed by atoms with E-state index in [1.807, 2.05) is 36.1 Å². The molecular formula is C24H27N5O2S. The van der Waals surface area contributed by atoms with Gasteiger partial charge in [0.05, 0.1) is 5.69 Å². The number of aryl methyl sites for hydroxylation is 1. The van der Waals surface area contributed by atoms with Gasteiger partial charge >= 0.3 is 0 Å². The fourth-order valence-electron chi connectivity index (χ4n) is 4.10. The van der Waals surface area contributed by atoms with Gasteiger partial charge < -0.3 is 9.80 Å². The zero-order chi connectivity index (χ0) is 22.5. The third-order valence-electron chi connectivity index (χ3n) is 5.82. The van der Waals surface area contributed by atoms with Crippen molar-refractivity contribution in [1.29, 1.82) is 0 Å². The number of carbonyl (C=O) groups is 2. The van der Waals surface area contributed by atoms with Gasteiger partial charge in [-0.05, 0) is 53.2 Å². The molecule has 1 fully saturated rings. The number of amides is 2. The molecule has 8 heteroatoms. The normalized spacial score (nSPS) is 16.4. The maximum absolute atomic E-state index is 13.4. The second-order valence-corrected chi connectivity index (χ2v) is 8.63. The van der Waals surface area contributed by atoms with E-state index in [-0.39, 0.29) is 11.8 Å². The maximum atomic E-state index is 13.4. The Balaban J connectivity index is 1.59. The largest absolute Gasteiger partial charge is 0.339 e. The summed E-state index contributed by atoms with van der Waals surface area (Å²) >= 11 is 1.11. The van der Waals surface area contributed by atoms with Gasteiger partial charge in [-0.2, -0.15) is 0 Å². The van der Waals surface area contributed by atoms with Crippen molar-refractivity contribution in [3.63, 3.8) is 0 Å². The van der Waals surface area contributed by atoms with Crippen LogP contribution in [0.15, 0.2) is 48.8 Å². The zero-order valence-corrected chi connectivity index (χ0v) is 19.2. The van der Waals surface area contributed by atoms with Crippen molar-refractivity contribution in [3.05, 3.63) is 64.9 Å². The summed E-state index contributed by atoms with van der Waals surface area (Å²) in [6.07, 6.45) is 5.56. The number of hydrogen-bond donors (Lipinski definition) is 0. The van der Waals surface area contributed by atoms with Crippen LogP contribution in [-0.4, -0.2) is 61.9 Å². The molecule has 7 nitrogen and oxygen atoms in total. The van der Waals surface area contributed by atoms with Crippen LogP contribution in [0.2, 0.25) is 0 Å². The lowest BCUT2D eigenvalue weighted by atomic mass is 9.98. The fourth-order valence-corrected chi connectivity index (χ4v) is 4.81. The standard InChI is InChI=1S/C24H27N5O2S/c1-3-13-28-14-15-29(24(31)22-20(4-2)26-27-32-22)21(23(28)30)16-17-5-7-18(8-6-17)19-9-11-25-12-10-19/h5-12,21H,3-4,13-16H2,1-2H3/t21-/m1/s1. The first-order chi connectivity index (χ1) is 15.6.